The zero-order valence-electron chi connectivity index (χ0n) is 9.92. The number of carbonyl (C=O) groups excluding carboxylic acids is 1. The highest BCUT2D eigenvalue weighted by Gasteiger charge is 2.21. The Labute approximate surface area is 102 Å². The maximum absolute atomic E-state index is 11.5. The van der Waals surface area contributed by atoms with Gasteiger partial charge in [0, 0.05) is 29.9 Å². The molecule has 1 atom stereocenters. The van der Waals surface area contributed by atoms with Crippen molar-refractivity contribution in [3.05, 3.63) is 23.4 Å². The van der Waals surface area contributed by atoms with Crippen LogP contribution < -0.4 is 5.32 Å². The summed E-state index contributed by atoms with van der Waals surface area (Å²) in [6.45, 7) is 8.88. The minimum Gasteiger partial charge on any atom is -0.383 e. The maximum atomic E-state index is 11.5. The van der Waals surface area contributed by atoms with Gasteiger partial charge in [0.2, 0.25) is 5.91 Å². The van der Waals surface area contributed by atoms with Gasteiger partial charge in [-0.15, -0.1) is 0 Å². The second kappa shape index (κ2) is 5.94. The van der Waals surface area contributed by atoms with Crippen molar-refractivity contribution in [2.75, 3.05) is 13.1 Å². The highest BCUT2D eigenvalue weighted by atomic mass is 35.5. The molecule has 1 saturated heterocycles. The number of hydrogen-bond donors (Lipinski definition) is 1. The average molecular weight is 243 g/mol. The molecule has 1 aliphatic heterocycles. The molecule has 0 spiro atoms. The van der Waals surface area contributed by atoms with E-state index in [4.69, 9.17) is 11.6 Å². The van der Waals surface area contributed by atoms with E-state index in [0.29, 0.717) is 6.04 Å². The summed E-state index contributed by atoms with van der Waals surface area (Å²) in [6.07, 6.45) is 3.46. The Morgan fingerprint density at radius 2 is 2.25 bits per heavy atom. The number of carbonyl (C=O) groups is 1. The molecule has 1 rings (SSSR count). The molecule has 0 aromatic carbocycles. The van der Waals surface area contributed by atoms with E-state index >= 15 is 0 Å². The summed E-state index contributed by atoms with van der Waals surface area (Å²) in [4.78, 5) is 13.3. The topological polar surface area (TPSA) is 32.3 Å². The molecule has 3 nitrogen and oxygen atoms in total. The number of halogens is 1. The fourth-order valence-electron chi connectivity index (χ4n) is 1.83. The molecule has 16 heavy (non-hydrogen) atoms. The molecule has 1 aliphatic rings. The lowest BCUT2D eigenvalue weighted by Crippen LogP contribution is -2.47. The third-order valence-electron chi connectivity index (χ3n) is 2.85. The van der Waals surface area contributed by atoms with Crippen molar-refractivity contribution in [3.8, 4) is 0 Å². The van der Waals surface area contributed by atoms with E-state index in [1.54, 1.807) is 0 Å². The fraction of sp³-hybridized carbons (Fsp3) is 0.583. The third kappa shape index (κ3) is 3.56. The standard InChI is InChI=1S/C12H19ClN2O/c1-4-12(16)15-7-5-6-11(8-15)14-10(3)9(2)13/h4,11,14H,1,5-8H2,2-3H3/b10-9-. The van der Waals surface area contributed by atoms with Gasteiger partial charge < -0.3 is 10.2 Å². The van der Waals surface area contributed by atoms with E-state index in [9.17, 15) is 4.79 Å². The zero-order valence-corrected chi connectivity index (χ0v) is 10.7. The SMILES string of the molecule is C=CC(=O)N1CCCC(N/C(C)=C(/C)Cl)C1. The molecule has 0 bridgehead atoms. The van der Waals surface area contributed by atoms with Crippen LogP contribution in [0.4, 0.5) is 0 Å². The van der Waals surface area contributed by atoms with Crippen LogP contribution in [-0.2, 0) is 4.79 Å². The largest absolute Gasteiger partial charge is 0.383 e. The Balaban J connectivity index is 2.54. The first-order valence-electron chi connectivity index (χ1n) is 5.55. The molecule has 0 aromatic heterocycles. The second-order valence-electron chi connectivity index (χ2n) is 4.13. The molecule has 90 valence electrons. The van der Waals surface area contributed by atoms with Crippen LogP contribution in [0.15, 0.2) is 23.4 Å². The Kier molecular flexibility index (Phi) is 4.87. The number of likely N-dealkylation sites (tertiary alicyclic amines) is 1. The van der Waals surface area contributed by atoms with E-state index < -0.39 is 0 Å². The minimum atomic E-state index is 0.00993. The predicted octanol–water partition coefficient (Wildman–Crippen LogP) is 2.24. The molecule has 1 heterocycles. The summed E-state index contributed by atoms with van der Waals surface area (Å²) >= 11 is 5.89. The van der Waals surface area contributed by atoms with Crippen LogP contribution in [0.1, 0.15) is 26.7 Å². The maximum Gasteiger partial charge on any atom is 0.246 e. The van der Waals surface area contributed by atoms with Crippen molar-refractivity contribution in [1.82, 2.24) is 10.2 Å². The van der Waals surface area contributed by atoms with Gasteiger partial charge in [-0.25, -0.2) is 0 Å². The number of nitrogens with zero attached hydrogens (tertiary/aromatic N) is 1. The molecule has 0 aromatic rings. The summed E-state index contributed by atoms with van der Waals surface area (Å²) in [5.41, 5.74) is 0.986. The Morgan fingerprint density at radius 3 is 2.81 bits per heavy atom. The number of allylic oxidation sites excluding steroid dienone is 2. The van der Waals surface area contributed by atoms with Crippen LogP contribution in [0, 0.1) is 0 Å². The van der Waals surface area contributed by atoms with Gasteiger partial charge in [-0.2, -0.15) is 0 Å². The second-order valence-corrected chi connectivity index (χ2v) is 4.70. The molecule has 0 saturated carbocycles. The Bertz CT molecular complexity index is 308. The average Bonchev–Trinajstić information content (AvgIpc) is 2.28. The van der Waals surface area contributed by atoms with Gasteiger partial charge in [0.1, 0.15) is 0 Å². The van der Waals surface area contributed by atoms with E-state index in [0.717, 1.165) is 36.7 Å². The van der Waals surface area contributed by atoms with Gasteiger partial charge in [0.25, 0.3) is 0 Å². The summed E-state index contributed by atoms with van der Waals surface area (Å²) in [6, 6.07) is 0.298. The van der Waals surface area contributed by atoms with E-state index in [2.05, 4.69) is 11.9 Å². The van der Waals surface area contributed by atoms with Crippen molar-refractivity contribution in [3.63, 3.8) is 0 Å². The normalized spacial score (nSPS) is 22.4. The number of rotatable bonds is 3. The summed E-state index contributed by atoms with van der Waals surface area (Å²) in [5, 5.41) is 4.12. The minimum absolute atomic E-state index is 0.00993. The molecular weight excluding hydrogens is 224 g/mol. The third-order valence-corrected chi connectivity index (χ3v) is 3.13. The van der Waals surface area contributed by atoms with Crippen LogP contribution in [0.5, 0.6) is 0 Å². The van der Waals surface area contributed by atoms with Gasteiger partial charge in [-0.1, -0.05) is 18.2 Å². The summed E-state index contributed by atoms with van der Waals surface area (Å²) in [7, 11) is 0. The quantitative estimate of drug-likeness (QED) is 0.770. The van der Waals surface area contributed by atoms with Crippen LogP contribution in [0.3, 0.4) is 0 Å². The van der Waals surface area contributed by atoms with Crippen LogP contribution in [-0.4, -0.2) is 29.9 Å². The van der Waals surface area contributed by atoms with Gasteiger partial charge in [0.15, 0.2) is 0 Å². The molecular formula is C12H19ClN2O. The number of piperidine rings is 1. The highest BCUT2D eigenvalue weighted by molar-refractivity contribution is 6.29. The van der Waals surface area contributed by atoms with Gasteiger partial charge in [-0.05, 0) is 32.8 Å². The van der Waals surface area contributed by atoms with Crippen LogP contribution >= 0.6 is 11.6 Å². The van der Waals surface area contributed by atoms with Gasteiger partial charge in [-0.3, -0.25) is 4.79 Å². The van der Waals surface area contributed by atoms with Crippen molar-refractivity contribution in [2.45, 2.75) is 32.7 Å². The summed E-state index contributed by atoms with van der Waals surface area (Å²) < 4.78 is 0. The predicted molar refractivity (Wildman–Crippen MR) is 67.2 cm³/mol. The van der Waals surface area contributed by atoms with Crippen LogP contribution in [0.2, 0.25) is 0 Å². The fourth-order valence-corrected chi connectivity index (χ4v) is 1.88. The van der Waals surface area contributed by atoms with Crippen molar-refractivity contribution >= 4 is 17.5 Å². The number of amides is 1. The molecule has 1 amide bonds. The first-order chi connectivity index (χ1) is 7.54. The van der Waals surface area contributed by atoms with Crippen molar-refractivity contribution < 1.29 is 4.79 Å². The van der Waals surface area contributed by atoms with E-state index in [-0.39, 0.29) is 5.91 Å². The first-order valence-corrected chi connectivity index (χ1v) is 5.93. The first kappa shape index (κ1) is 13.1. The molecule has 0 radical (unpaired) electrons. The lowest BCUT2D eigenvalue weighted by atomic mass is 10.1. The van der Waals surface area contributed by atoms with E-state index in [1.165, 1.54) is 6.08 Å². The molecule has 0 aliphatic carbocycles. The van der Waals surface area contributed by atoms with Gasteiger partial charge >= 0.3 is 0 Å². The highest BCUT2D eigenvalue weighted by Crippen LogP contribution is 2.13. The lowest BCUT2D eigenvalue weighted by molar-refractivity contribution is -0.127. The summed E-state index contributed by atoms with van der Waals surface area (Å²) in [5.74, 6) is 0.00993. The number of hydrogen-bond acceptors (Lipinski definition) is 2. The van der Waals surface area contributed by atoms with Crippen molar-refractivity contribution in [2.24, 2.45) is 0 Å². The Hall–Kier alpha value is -0.960. The van der Waals surface area contributed by atoms with Crippen LogP contribution in [0.25, 0.3) is 0 Å². The Morgan fingerprint density at radius 1 is 1.56 bits per heavy atom. The molecule has 1 fully saturated rings. The zero-order chi connectivity index (χ0) is 12.1. The smallest absolute Gasteiger partial charge is 0.246 e. The molecule has 4 heteroatoms. The lowest BCUT2D eigenvalue weighted by Gasteiger charge is -2.33. The van der Waals surface area contributed by atoms with Crippen molar-refractivity contribution in [1.29, 1.82) is 0 Å². The van der Waals surface area contributed by atoms with Gasteiger partial charge in [0.05, 0.1) is 0 Å². The molecule has 1 unspecified atom stereocenters. The van der Waals surface area contributed by atoms with E-state index in [1.807, 2.05) is 18.7 Å². The molecule has 1 N–H and O–H groups in total. The monoisotopic (exact) mass is 242 g/mol. The number of nitrogens with one attached hydrogen (secondary N) is 1.